The Kier molecular flexibility index (Phi) is 8.73. The summed E-state index contributed by atoms with van der Waals surface area (Å²) in [6, 6.07) is -1.13. The van der Waals surface area contributed by atoms with Crippen LogP contribution in [0.5, 0.6) is 0 Å². The van der Waals surface area contributed by atoms with Gasteiger partial charge in [0.15, 0.2) is 0 Å². The lowest BCUT2D eigenvalue weighted by Crippen LogP contribution is -2.45. The zero-order chi connectivity index (χ0) is 18.2. The molecule has 1 aliphatic rings. The summed E-state index contributed by atoms with van der Waals surface area (Å²) in [6.45, 7) is 3.70. The highest BCUT2D eigenvalue weighted by atomic mass is 32.2. The van der Waals surface area contributed by atoms with E-state index in [-0.39, 0.29) is 29.8 Å². The summed E-state index contributed by atoms with van der Waals surface area (Å²) in [5.41, 5.74) is 0. The van der Waals surface area contributed by atoms with E-state index < -0.39 is 21.8 Å². The van der Waals surface area contributed by atoms with E-state index in [1.807, 2.05) is 0 Å². The molecule has 1 aliphatic carbocycles. The van der Waals surface area contributed by atoms with Crippen LogP contribution in [-0.4, -0.2) is 42.9 Å². The van der Waals surface area contributed by atoms with Crippen LogP contribution in [0.15, 0.2) is 0 Å². The number of aliphatic carboxylic acids is 1. The molecule has 140 valence electrons. The number of carboxylic acids is 1. The minimum atomic E-state index is -3.24. The summed E-state index contributed by atoms with van der Waals surface area (Å²) in [7, 11) is -3.24. The molecule has 0 saturated heterocycles. The molecule has 0 heterocycles. The number of carbonyl (C=O) groups is 2. The van der Waals surface area contributed by atoms with Gasteiger partial charge in [0.1, 0.15) is 15.9 Å². The van der Waals surface area contributed by atoms with Gasteiger partial charge in [-0.15, -0.1) is 0 Å². The molecule has 7 heteroatoms. The Labute approximate surface area is 145 Å². The van der Waals surface area contributed by atoms with E-state index in [1.165, 1.54) is 26.2 Å². The lowest BCUT2D eigenvalue weighted by atomic mass is 9.79. The number of rotatable bonds is 10. The molecule has 1 unspecified atom stereocenters. The Morgan fingerprint density at radius 1 is 1.17 bits per heavy atom. The van der Waals surface area contributed by atoms with Crippen molar-refractivity contribution in [1.82, 2.24) is 5.32 Å². The highest BCUT2D eigenvalue weighted by molar-refractivity contribution is 7.91. The van der Waals surface area contributed by atoms with Crippen LogP contribution in [-0.2, 0) is 19.4 Å². The van der Waals surface area contributed by atoms with Crippen molar-refractivity contribution in [3.05, 3.63) is 0 Å². The Hall–Kier alpha value is -1.11. The summed E-state index contributed by atoms with van der Waals surface area (Å²) in [4.78, 5) is 23.6. The molecule has 0 aliphatic heterocycles. The van der Waals surface area contributed by atoms with Crippen LogP contribution in [0.2, 0.25) is 0 Å². The quantitative estimate of drug-likeness (QED) is 0.622. The van der Waals surface area contributed by atoms with Gasteiger partial charge in [0.2, 0.25) is 5.91 Å². The van der Waals surface area contributed by atoms with Gasteiger partial charge in [-0.3, -0.25) is 4.79 Å². The maximum absolute atomic E-state index is 12.3. The normalized spacial score (nSPS) is 22.8. The van der Waals surface area contributed by atoms with Crippen LogP contribution in [0.25, 0.3) is 0 Å². The standard InChI is InChI=1S/C17H31NO5S/c1-3-5-6-13-7-9-14(10-8-13)16(19)18-15(17(20)21)11-12-24(22,23)4-2/h13-15H,3-12H2,1-2H3,(H,18,19)(H,20,21). The molecule has 1 rings (SSSR count). The van der Waals surface area contributed by atoms with E-state index in [1.54, 1.807) is 0 Å². The third-order valence-electron chi connectivity index (χ3n) is 4.96. The third kappa shape index (κ3) is 7.20. The van der Waals surface area contributed by atoms with Gasteiger partial charge in [0, 0.05) is 11.7 Å². The summed E-state index contributed by atoms with van der Waals surface area (Å²) >= 11 is 0. The average molecular weight is 362 g/mol. The van der Waals surface area contributed by atoms with Gasteiger partial charge in [-0.1, -0.05) is 33.1 Å². The van der Waals surface area contributed by atoms with Crippen LogP contribution in [0.3, 0.4) is 0 Å². The minimum absolute atomic E-state index is 0.0188. The number of nitrogens with one attached hydrogen (secondary N) is 1. The molecule has 0 aromatic heterocycles. The molecule has 2 N–H and O–H groups in total. The summed E-state index contributed by atoms with van der Waals surface area (Å²) in [5, 5.41) is 11.8. The lowest BCUT2D eigenvalue weighted by Gasteiger charge is -2.28. The second kappa shape index (κ2) is 10.0. The molecule has 0 aromatic rings. The third-order valence-corrected chi connectivity index (χ3v) is 6.69. The number of carboxylic acid groups (broad SMARTS) is 1. The van der Waals surface area contributed by atoms with E-state index >= 15 is 0 Å². The van der Waals surface area contributed by atoms with Crippen molar-refractivity contribution in [3.8, 4) is 0 Å². The van der Waals surface area contributed by atoms with Crippen LogP contribution < -0.4 is 5.32 Å². The van der Waals surface area contributed by atoms with Crippen molar-refractivity contribution in [2.45, 2.75) is 71.3 Å². The number of unbranched alkanes of at least 4 members (excludes halogenated alkanes) is 1. The molecule has 0 bridgehead atoms. The fraction of sp³-hybridized carbons (Fsp3) is 0.882. The van der Waals surface area contributed by atoms with Crippen molar-refractivity contribution in [3.63, 3.8) is 0 Å². The number of sulfone groups is 1. The average Bonchev–Trinajstić information content (AvgIpc) is 2.56. The van der Waals surface area contributed by atoms with Crippen molar-refractivity contribution >= 4 is 21.7 Å². The zero-order valence-corrected chi connectivity index (χ0v) is 15.6. The number of hydrogen-bond donors (Lipinski definition) is 2. The summed E-state index contributed by atoms with van der Waals surface area (Å²) in [5.74, 6) is -1.12. The first-order valence-electron chi connectivity index (χ1n) is 9.02. The molecular weight excluding hydrogens is 330 g/mol. The Morgan fingerprint density at radius 2 is 1.79 bits per heavy atom. The smallest absolute Gasteiger partial charge is 0.326 e. The van der Waals surface area contributed by atoms with Gasteiger partial charge in [-0.25, -0.2) is 13.2 Å². The van der Waals surface area contributed by atoms with Crippen molar-refractivity contribution in [2.24, 2.45) is 11.8 Å². The van der Waals surface area contributed by atoms with Gasteiger partial charge in [-0.2, -0.15) is 0 Å². The fourth-order valence-corrected chi connectivity index (χ4v) is 4.08. The van der Waals surface area contributed by atoms with Gasteiger partial charge in [0.05, 0.1) is 5.75 Å². The largest absolute Gasteiger partial charge is 0.480 e. The van der Waals surface area contributed by atoms with Gasteiger partial charge in [0.25, 0.3) is 0 Å². The first-order valence-corrected chi connectivity index (χ1v) is 10.8. The predicted molar refractivity (Wildman–Crippen MR) is 93.5 cm³/mol. The van der Waals surface area contributed by atoms with Crippen molar-refractivity contribution < 1.29 is 23.1 Å². The first kappa shape index (κ1) is 20.9. The molecule has 0 spiro atoms. The molecule has 6 nitrogen and oxygen atoms in total. The Balaban J connectivity index is 2.47. The Bertz CT molecular complexity index is 509. The van der Waals surface area contributed by atoms with Crippen molar-refractivity contribution in [2.75, 3.05) is 11.5 Å². The topological polar surface area (TPSA) is 101 Å². The van der Waals surface area contributed by atoms with E-state index in [0.29, 0.717) is 5.92 Å². The number of hydrogen-bond acceptors (Lipinski definition) is 4. The van der Waals surface area contributed by atoms with Crippen LogP contribution in [0.1, 0.15) is 65.2 Å². The van der Waals surface area contributed by atoms with Crippen LogP contribution in [0, 0.1) is 11.8 Å². The minimum Gasteiger partial charge on any atom is -0.480 e. The van der Waals surface area contributed by atoms with Gasteiger partial charge in [-0.05, 0) is 38.0 Å². The highest BCUT2D eigenvalue weighted by Crippen LogP contribution is 2.32. The fourth-order valence-electron chi connectivity index (χ4n) is 3.19. The monoisotopic (exact) mass is 361 g/mol. The van der Waals surface area contributed by atoms with E-state index in [2.05, 4.69) is 12.2 Å². The number of carbonyl (C=O) groups excluding carboxylic acids is 1. The maximum atomic E-state index is 12.3. The lowest BCUT2D eigenvalue weighted by molar-refractivity contribution is -0.142. The second-order valence-corrected chi connectivity index (χ2v) is 9.26. The van der Waals surface area contributed by atoms with Crippen LogP contribution >= 0.6 is 0 Å². The number of amides is 1. The van der Waals surface area contributed by atoms with Crippen molar-refractivity contribution in [1.29, 1.82) is 0 Å². The molecule has 1 atom stereocenters. The molecule has 0 aromatic carbocycles. The summed E-state index contributed by atoms with van der Waals surface area (Å²) in [6.07, 6.45) is 7.14. The SMILES string of the molecule is CCCCC1CCC(C(=O)NC(CCS(=O)(=O)CC)C(=O)O)CC1. The predicted octanol–water partition coefficient (Wildman–Crippen LogP) is 2.38. The summed E-state index contributed by atoms with van der Waals surface area (Å²) < 4.78 is 23.1. The van der Waals surface area contributed by atoms with Crippen LogP contribution in [0.4, 0.5) is 0 Å². The van der Waals surface area contributed by atoms with E-state index in [9.17, 15) is 23.1 Å². The molecular formula is C17H31NO5S. The maximum Gasteiger partial charge on any atom is 0.326 e. The van der Waals surface area contributed by atoms with E-state index in [0.717, 1.165) is 25.7 Å². The molecule has 0 radical (unpaired) electrons. The second-order valence-electron chi connectivity index (χ2n) is 6.78. The van der Waals surface area contributed by atoms with E-state index in [4.69, 9.17) is 0 Å². The molecule has 24 heavy (non-hydrogen) atoms. The Morgan fingerprint density at radius 3 is 2.29 bits per heavy atom. The molecule has 1 amide bonds. The first-order chi connectivity index (χ1) is 11.3. The molecule has 1 saturated carbocycles. The van der Waals surface area contributed by atoms with Gasteiger partial charge < -0.3 is 10.4 Å². The highest BCUT2D eigenvalue weighted by Gasteiger charge is 2.29. The molecule has 1 fully saturated rings. The zero-order valence-electron chi connectivity index (χ0n) is 14.8. The van der Waals surface area contributed by atoms with Gasteiger partial charge >= 0.3 is 5.97 Å².